The quantitative estimate of drug-likeness (QED) is 0.808. The van der Waals surface area contributed by atoms with Crippen molar-refractivity contribution >= 4 is 47.8 Å². The molecule has 1 aromatic heterocycles. The van der Waals surface area contributed by atoms with Crippen molar-refractivity contribution in [2.45, 2.75) is 18.9 Å². The summed E-state index contributed by atoms with van der Waals surface area (Å²) in [6.07, 6.45) is 4.20. The van der Waals surface area contributed by atoms with Crippen LogP contribution in [0, 0.1) is 0 Å². The summed E-state index contributed by atoms with van der Waals surface area (Å²) in [7, 11) is 0. The van der Waals surface area contributed by atoms with Crippen LogP contribution >= 0.6 is 47.8 Å². The van der Waals surface area contributed by atoms with Crippen LogP contribution < -0.4 is 5.32 Å². The standard InChI is InChI=1S/C13H19ClN2S.2ClH/c1-2-3-4-11(12-5-6-13(14)17-12)16-9-7-15-8-10-16;;/h2,5-6,11,15H,1,3-4,7-10H2;2*1H/t11-;;/m1../s1. The van der Waals surface area contributed by atoms with Crippen LogP contribution in [0.5, 0.6) is 0 Å². The molecule has 2 nitrogen and oxygen atoms in total. The lowest BCUT2D eigenvalue weighted by Gasteiger charge is -2.34. The molecule has 1 N–H and O–H groups in total. The highest BCUT2D eigenvalue weighted by Gasteiger charge is 2.22. The number of thiophene rings is 1. The van der Waals surface area contributed by atoms with Gasteiger partial charge in [0.1, 0.15) is 0 Å². The van der Waals surface area contributed by atoms with Gasteiger partial charge in [-0.05, 0) is 25.0 Å². The van der Waals surface area contributed by atoms with Gasteiger partial charge >= 0.3 is 0 Å². The molecular weight excluding hydrogens is 323 g/mol. The zero-order chi connectivity index (χ0) is 12.1. The third-order valence-electron chi connectivity index (χ3n) is 3.16. The molecule has 0 amide bonds. The van der Waals surface area contributed by atoms with Crippen molar-refractivity contribution in [2.75, 3.05) is 26.2 Å². The van der Waals surface area contributed by atoms with Gasteiger partial charge in [0.2, 0.25) is 0 Å². The lowest BCUT2D eigenvalue weighted by atomic mass is 10.1. The first-order chi connectivity index (χ1) is 8.31. The van der Waals surface area contributed by atoms with Crippen molar-refractivity contribution in [1.29, 1.82) is 0 Å². The van der Waals surface area contributed by atoms with Crippen molar-refractivity contribution < 1.29 is 0 Å². The van der Waals surface area contributed by atoms with E-state index in [0.717, 1.165) is 43.4 Å². The van der Waals surface area contributed by atoms with E-state index in [-0.39, 0.29) is 24.8 Å². The van der Waals surface area contributed by atoms with Crippen molar-refractivity contribution in [3.63, 3.8) is 0 Å². The van der Waals surface area contributed by atoms with Gasteiger partial charge in [-0.3, -0.25) is 4.90 Å². The van der Waals surface area contributed by atoms with Crippen molar-refractivity contribution in [3.05, 3.63) is 34.0 Å². The maximum atomic E-state index is 6.04. The molecule has 1 aliphatic rings. The minimum Gasteiger partial charge on any atom is -0.314 e. The Morgan fingerprint density at radius 3 is 2.58 bits per heavy atom. The Bertz CT molecular complexity index is 365. The van der Waals surface area contributed by atoms with E-state index in [9.17, 15) is 0 Å². The van der Waals surface area contributed by atoms with Crippen LogP contribution in [0.15, 0.2) is 24.8 Å². The van der Waals surface area contributed by atoms with Crippen LogP contribution in [-0.4, -0.2) is 31.1 Å². The van der Waals surface area contributed by atoms with Crippen molar-refractivity contribution in [2.24, 2.45) is 0 Å². The highest BCUT2D eigenvalue weighted by Crippen LogP contribution is 2.33. The van der Waals surface area contributed by atoms with Gasteiger partial charge in [0.05, 0.1) is 4.34 Å². The smallest absolute Gasteiger partial charge is 0.0931 e. The molecule has 1 fully saturated rings. The Morgan fingerprint density at radius 2 is 2.05 bits per heavy atom. The zero-order valence-electron chi connectivity index (χ0n) is 10.8. The van der Waals surface area contributed by atoms with Crippen LogP contribution in [0.25, 0.3) is 0 Å². The molecule has 1 atom stereocenters. The van der Waals surface area contributed by atoms with E-state index in [2.05, 4.69) is 22.9 Å². The third kappa shape index (κ3) is 5.62. The number of hydrogen-bond donors (Lipinski definition) is 1. The summed E-state index contributed by atoms with van der Waals surface area (Å²) in [6.45, 7) is 8.24. The monoisotopic (exact) mass is 342 g/mol. The Hall–Kier alpha value is 0.230. The highest BCUT2D eigenvalue weighted by atomic mass is 35.5. The van der Waals surface area contributed by atoms with E-state index in [0.29, 0.717) is 6.04 Å². The summed E-state index contributed by atoms with van der Waals surface area (Å²) in [5.41, 5.74) is 0. The Morgan fingerprint density at radius 1 is 1.37 bits per heavy atom. The van der Waals surface area contributed by atoms with Gasteiger partial charge in [-0.2, -0.15) is 0 Å². The largest absolute Gasteiger partial charge is 0.314 e. The topological polar surface area (TPSA) is 15.3 Å². The van der Waals surface area contributed by atoms with Crippen molar-refractivity contribution in [1.82, 2.24) is 10.2 Å². The van der Waals surface area contributed by atoms with E-state index < -0.39 is 0 Å². The number of nitrogens with one attached hydrogen (secondary N) is 1. The first-order valence-corrected chi connectivity index (χ1v) is 7.31. The number of nitrogens with zero attached hydrogens (tertiary/aromatic N) is 1. The SMILES string of the molecule is C=CCC[C@H](c1ccc(Cl)s1)N1CCNCC1.Cl.Cl. The average molecular weight is 344 g/mol. The van der Waals surface area contributed by atoms with Gasteiger partial charge in [0.25, 0.3) is 0 Å². The van der Waals surface area contributed by atoms with Gasteiger partial charge in [-0.1, -0.05) is 17.7 Å². The fourth-order valence-corrected chi connectivity index (χ4v) is 3.51. The summed E-state index contributed by atoms with van der Waals surface area (Å²) in [6, 6.07) is 4.68. The van der Waals surface area contributed by atoms with E-state index in [1.54, 1.807) is 11.3 Å². The Balaban J connectivity index is 0.00000162. The highest BCUT2D eigenvalue weighted by molar-refractivity contribution is 7.16. The number of hydrogen-bond acceptors (Lipinski definition) is 3. The van der Waals surface area contributed by atoms with Crippen LogP contribution in [0.4, 0.5) is 0 Å². The number of allylic oxidation sites excluding steroid dienone is 1. The number of rotatable bonds is 5. The van der Waals surface area contributed by atoms with Crippen LogP contribution in [0.2, 0.25) is 4.34 Å². The molecule has 0 aromatic carbocycles. The maximum absolute atomic E-state index is 6.04. The van der Waals surface area contributed by atoms with Gasteiger partial charge < -0.3 is 5.32 Å². The molecule has 1 saturated heterocycles. The predicted molar refractivity (Wildman–Crippen MR) is 90.4 cm³/mol. The van der Waals surface area contributed by atoms with Crippen LogP contribution in [0.3, 0.4) is 0 Å². The second-order valence-electron chi connectivity index (χ2n) is 4.31. The zero-order valence-corrected chi connectivity index (χ0v) is 14.0. The first kappa shape index (κ1) is 19.2. The predicted octanol–water partition coefficient (Wildman–Crippen LogP) is 4.16. The Labute approximate surface area is 137 Å². The third-order valence-corrected chi connectivity index (χ3v) is 4.49. The average Bonchev–Trinajstić information content (AvgIpc) is 2.78. The Kier molecular flexibility index (Phi) is 10.2. The van der Waals surface area contributed by atoms with Gasteiger partial charge in [-0.25, -0.2) is 0 Å². The molecule has 2 heterocycles. The summed E-state index contributed by atoms with van der Waals surface area (Å²) >= 11 is 7.75. The molecule has 0 spiro atoms. The molecule has 1 aromatic rings. The minimum absolute atomic E-state index is 0. The van der Waals surface area contributed by atoms with E-state index in [4.69, 9.17) is 11.6 Å². The lowest BCUT2D eigenvalue weighted by molar-refractivity contribution is 0.168. The second kappa shape index (κ2) is 10.0. The molecule has 0 saturated carbocycles. The lowest BCUT2D eigenvalue weighted by Crippen LogP contribution is -2.45. The first-order valence-electron chi connectivity index (χ1n) is 6.12. The molecule has 0 radical (unpaired) electrons. The van der Waals surface area contributed by atoms with E-state index in [1.807, 2.05) is 12.1 Å². The summed E-state index contributed by atoms with van der Waals surface area (Å²) in [5.74, 6) is 0. The number of piperazine rings is 1. The molecule has 0 unspecified atom stereocenters. The molecule has 110 valence electrons. The molecule has 1 aliphatic heterocycles. The molecule has 0 aliphatic carbocycles. The molecular formula is C13H21Cl3N2S. The summed E-state index contributed by atoms with van der Waals surface area (Å²) < 4.78 is 0.888. The summed E-state index contributed by atoms with van der Waals surface area (Å²) in [4.78, 5) is 3.95. The van der Waals surface area contributed by atoms with Crippen LogP contribution in [0.1, 0.15) is 23.8 Å². The molecule has 6 heteroatoms. The normalized spacial score (nSPS) is 17.1. The van der Waals surface area contributed by atoms with Gasteiger partial charge in [0, 0.05) is 37.1 Å². The van der Waals surface area contributed by atoms with Crippen molar-refractivity contribution in [3.8, 4) is 0 Å². The van der Waals surface area contributed by atoms with Gasteiger partial charge in [0.15, 0.2) is 0 Å². The maximum Gasteiger partial charge on any atom is 0.0931 e. The van der Waals surface area contributed by atoms with E-state index in [1.165, 1.54) is 4.88 Å². The molecule has 0 bridgehead atoms. The van der Waals surface area contributed by atoms with Gasteiger partial charge in [-0.15, -0.1) is 42.7 Å². The van der Waals surface area contributed by atoms with Crippen LogP contribution in [-0.2, 0) is 0 Å². The minimum atomic E-state index is 0. The number of halogens is 3. The summed E-state index contributed by atoms with van der Waals surface area (Å²) in [5, 5.41) is 3.40. The molecule has 19 heavy (non-hydrogen) atoms. The fourth-order valence-electron chi connectivity index (χ4n) is 2.28. The van der Waals surface area contributed by atoms with E-state index >= 15 is 0 Å². The molecule has 2 rings (SSSR count). The second-order valence-corrected chi connectivity index (χ2v) is 6.06. The fraction of sp³-hybridized carbons (Fsp3) is 0.538.